The maximum atomic E-state index is 14.1. The molecule has 0 radical (unpaired) electrons. The lowest BCUT2D eigenvalue weighted by atomic mass is 9.97. The van der Waals surface area contributed by atoms with Gasteiger partial charge in [0.05, 0.1) is 30.3 Å². The zero-order chi connectivity index (χ0) is 19.6. The van der Waals surface area contributed by atoms with Gasteiger partial charge in [0.2, 0.25) is 5.91 Å². The van der Waals surface area contributed by atoms with Gasteiger partial charge >= 0.3 is 0 Å². The first-order valence-corrected chi connectivity index (χ1v) is 8.56. The number of anilines is 2. The number of rotatable bonds is 5. The standard InChI is InChI=1S/C19H20FN3O4/c1-12-5-7-15(20)14-4-3-9-22(19(12)14)11-18(24)21-16-8-6-13(23(25)26)10-17(16)27-2/h5-8,10H,3-4,9,11H2,1-2H3,(H,21,24). The average molecular weight is 373 g/mol. The molecule has 2 aromatic carbocycles. The Balaban J connectivity index is 1.78. The summed E-state index contributed by atoms with van der Waals surface area (Å²) in [5.74, 6) is -0.352. The van der Waals surface area contributed by atoms with E-state index in [1.54, 1.807) is 6.07 Å². The van der Waals surface area contributed by atoms with Crippen LogP contribution in [-0.4, -0.2) is 31.0 Å². The van der Waals surface area contributed by atoms with Gasteiger partial charge in [-0.15, -0.1) is 0 Å². The zero-order valence-corrected chi connectivity index (χ0v) is 15.1. The second-order valence-electron chi connectivity index (χ2n) is 6.41. The van der Waals surface area contributed by atoms with Gasteiger partial charge in [-0.3, -0.25) is 14.9 Å². The molecular weight excluding hydrogens is 353 g/mol. The number of fused-ring (bicyclic) bond motifs is 1. The van der Waals surface area contributed by atoms with E-state index in [1.165, 1.54) is 31.4 Å². The lowest BCUT2D eigenvalue weighted by Gasteiger charge is -2.32. The number of benzene rings is 2. The first-order valence-electron chi connectivity index (χ1n) is 8.56. The van der Waals surface area contributed by atoms with E-state index in [0.717, 1.165) is 17.7 Å². The highest BCUT2D eigenvalue weighted by Crippen LogP contribution is 2.33. The number of non-ortho nitro benzene ring substituents is 1. The van der Waals surface area contributed by atoms with Crippen molar-refractivity contribution >= 4 is 23.0 Å². The molecule has 1 aliphatic rings. The van der Waals surface area contributed by atoms with Crippen LogP contribution in [0.15, 0.2) is 30.3 Å². The zero-order valence-electron chi connectivity index (χ0n) is 15.1. The molecule has 0 atom stereocenters. The number of nitrogens with zero attached hydrogens (tertiary/aromatic N) is 2. The number of hydrogen-bond acceptors (Lipinski definition) is 5. The van der Waals surface area contributed by atoms with Crippen LogP contribution < -0.4 is 15.0 Å². The van der Waals surface area contributed by atoms with Crippen LogP contribution in [0.2, 0.25) is 0 Å². The van der Waals surface area contributed by atoms with Crippen molar-refractivity contribution in [1.82, 2.24) is 0 Å². The molecule has 0 unspecified atom stereocenters. The maximum absolute atomic E-state index is 14.1. The Labute approximate surface area is 155 Å². The highest BCUT2D eigenvalue weighted by molar-refractivity contribution is 5.96. The molecule has 0 saturated heterocycles. The summed E-state index contributed by atoms with van der Waals surface area (Å²) >= 11 is 0. The number of methoxy groups -OCH3 is 1. The van der Waals surface area contributed by atoms with Crippen molar-refractivity contribution in [3.05, 3.63) is 57.4 Å². The number of nitro groups is 1. The summed E-state index contributed by atoms with van der Waals surface area (Å²) in [5, 5.41) is 13.6. The van der Waals surface area contributed by atoms with Gasteiger partial charge in [-0.2, -0.15) is 0 Å². The molecular formula is C19H20FN3O4. The Morgan fingerprint density at radius 3 is 2.85 bits per heavy atom. The quantitative estimate of drug-likeness (QED) is 0.641. The van der Waals surface area contributed by atoms with Gasteiger partial charge in [-0.25, -0.2) is 4.39 Å². The van der Waals surface area contributed by atoms with Crippen molar-refractivity contribution in [2.24, 2.45) is 0 Å². The van der Waals surface area contributed by atoms with Crippen molar-refractivity contribution < 1.29 is 18.8 Å². The van der Waals surface area contributed by atoms with Gasteiger partial charge in [0.1, 0.15) is 11.6 Å². The van der Waals surface area contributed by atoms with E-state index >= 15 is 0 Å². The molecule has 0 saturated carbocycles. The molecule has 142 valence electrons. The lowest BCUT2D eigenvalue weighted by molar-refractivity contribution is -0.384. The van der Waals surface area contributed by atoms with Gasteiger partial charge < -0.3 is 15.0 Å². The fourth-order valence-electron chi connectivity index (χ4n) is 3.38. The second-order valence-corrected chi connectivity index (χ2v) is 6.41. The van der Waals surface area contributed by atoms with Crippen LogP contribution in [0, 0.1) is 22.9 Å². The third-order valence-corrected chi connectivity index (χ3v) is 4.60. The Kier molecular flexibility index (Phi) is 5.25. The molecule has 1 heterocycles. The number of nitro benzene ring substituents is 1. The number of ether oxygens (including phenoxy) is 1. The van der Waals surface area contributed by atoms with E-state index < -0.39 is 4.92 Å². The van der Waals surface area contributed by atoms with Crippen molar-refractivity contribution in [3.8, 4) is 5.75 Å². The SMILES string of the molecule is COc1cc([N+](=O)[O-])ccc1NC(=O)CN1CCCc2c(F)ccc(C)c21. The van der Waals surface area contributed by atoms with E-state index in [-0.39, 0.29) is 29.7 Å². The number of nitrogens with one attached hydrogen (secondary N) is 1. The molecule has 1 N–H and O–H groups in total. The van der Waals surface area contributed by atoms with E-state index in [2.05, 4.69) is 5.32 Å². The van der Waals surface area contributed by atoms with E-state index in [9.17, 15) is 19.3 Å². The predicted molar refractivity (Wildman–Crippen MR) is 99.9 cm³/mol. The van der Waals surface area contributed by atoms with Crippen LogP contribution in [-0.2, 0) is 11.2 Å². The Hall–Kier alpha value is -3.16. The molecule has 0 bridgehead atoms. The topological polar surface area (TPSA) is 84.7 Å². The average Bonchev–Trinajstić information content (AvgIpc) is 2.65. The summed E-state index contributed by atoms with van der Waals surface area (Å²) < 4.78 is 19.2. The monoisotopic (exact) mass is 373 g/mol. The molecule has 27 heavy (non-hydrogen) atoms. The fourth-order valence-corrected chi connectivity index (χ4v) is 3.38. The summed E-state index contributed by atoms with van der Waals surface area (Å²) in [7, 11) is 1.38. The number of amides is 1. The predicted octanol–water partition coefficient (Wildman–Crippen LogP) is 3.44. The molecule has 8 heteroatoms. The van der Waals surface area contributed by atoms with Gasteiger partial charge in [-0.05, 0) is 37.5 Å². The minimum absolute atomic E-state index is 0.0530. The molecule has 1 amide bonds. The third kappa shape index (κ3) is 3.84. The molecule has 0 aliphatic carbocycles. The van der Waals surface area contributed by atoms with Crippen molar-refractivity contribution in [2.45, 2.75) is 19.8 Å². The highest BCUT2D eigenvalue weighted by atomic mass is 19.1. The van der Waals surface area contributed by atoms with Crippen LogP contribution in [0.4, 0.5) is 21.5 Å². The summed E-state index contributed by atoms with van der Waals surface area (Å²) in [6.07, 6.45) is 1.42. The molecule has 0 spiro atoms. The minimum Gasteiger partial charge on any atom is -0.494 e. The Morgan fingerprint density at radius 2 is 2.15 bits per heavy atom. The highest BCUT2D eigenvalue weighted by Gasteiger charge is 2.24. The van der Waals surface area contributed by atoms with Crippen molar-refractivity contribution in [3.63, 3.8) is 0 Å². The summed E-state index contributed by atoms with van der Waals surface area (Å²) in [6.45, 7) is 2.60. The van der Waals surface area contributed by atoms with E-state index in [0.29, 0.717) is 24.2 Å². The van der Waals surface area contributed by atoms with Gasteiger partial charge in [0, 0.05) is 23.9 Å². The Morgan fingerprint density at radius 1 is 1.37 bits per heavy atom. The number of hydrogen-bond donors (Lipinski definition) is 1. The van der Waals surface area contributed by atoms with Crippen molar-refractivity contribution in [1.29, 1.82) is 0 Å². The van der Waals surface area contributed by atoms with E-state index in [1.807, 2.05) is 11.8 Å². The fraction of sp³-hybridized carbons (Fsp3) is 0.316. The second kappa shape index (κ2) is 7.61. The molecule has 3 rings (SSSR count). The van der Waals surface area contributed by atoms with Crippen LogP contribution in [0.5, 0.6) is 5.75 Å². The van der Waals surface area contributed by atoms with Crippen molar-refractivity contribution in [2.75, 3.05) is 30.4 Å². The number of halogens is 1. The number of carbonyl (C=O) groups excluding carboxylic acids is 1. The van der Waals surface area contributed by atoms with Crippen LogP contribution in [0.25, 0.3) is 0 Å². The van der Waals surface area contributed by atoms with Crippen LogP contribution in [0.1, 0.15) is 17.5 Å². The molecule has 2 aromatic rings. The lowest BCUT2D eigenvalue weighted by Crippen LogP contribution is -2.37. The number of aryl methyl sites for hydroxylation is 1. The number of carbonyl (C=O) groups is 1. The summed E-state index contributed by atoms with van der Waals surface area (Å²) in [5.41, 5.74) is 2.56. The summed E-state index contributed by atoms with van der Waals surface area (Å²) in [4.78, 5) is 24.7. The molecule has 7 nitrogen and oxygen atoms in total. The summed E-state index contributed by atoms with van der Waals surface area (Å²) in [6, 6.07) is 7.16. The van der Waals surface area contributed by atoms with Gasteiger partial charge in [0.15, 0.2) is 0 Å². The van der Waals surface area contributed by atoms with Crippen LogP contribution >= 0.6 is 0 Å². The van der Waals surface area contributed by atoms with Gasteiger partial charge in [0.25, 0.3) is 5.69 Å². The smallest absolute Gasteiger partial charge is 0.273 e. The molecule has 1 aliphatic heterocycles. The van der Waals surface area contributed by atoms with E-state index in [4.69, 9.17) is 4.74 Å². The maximum Gasteiger partial charge on any atom is 0.273 e. The Bertz CT molecular complexity index is 901. The normalized spacial score (nSPS) is 13.1. The minimum atomic E-state index is -0.532. The first-order chi connectivity index (χ1) is 12.9. The van der Waals surface area contributed by atoms with Gasteiger partial charge in [-0.1, -0.05) is 6.07 Å². The molecule has 0 aromatic heterocycles. The largest absolute Gasteiger partial charge is 0.494 e. The first kappa shape index (κ1) is 18.6. The molecule has 0 fully saturated rings. The van der Waals surface area contributed by atoms with Crippen LogP contribution in [0.3, 0.4) is 0 Å². The third-order valence-electron chi connectivity index (χ3n) is 4.60.